The summed E-state index contributed by atoms with van der Waals surface area (Å²) in [5.74, 6) is 0.947. The zero-order chi connectivity index (χ0) is 9.38. The van der Waals surface area contributed by atoms with Gasteiger partial charge < -0.3 is 4.74 Å². The lowest BCUT2D eigenvalue weighted by Crippen LogP contribution is -2.32. The van der Waals surface area contributed by atoms with Crippen LogP contribution in [0.15, 0.2) is 29.3 Å². The van der Waals surface area contributed by atoms with Gasteiger partial charge in [0.2, 0.25) is 0 Å². The van der Waals surface area contributed by atoms with Crippen molar-refractivity contribution in [3.05, 3.63) is 24.3 Å². The highest BCUT2D eigenvalue weighted by Gasteiger charge is 2.26. The Labute approximate surface area is 83.6 Å². The summed E-state index contributed by atoms with van der Waals surface area (Å²) < 4.78 is 5.91. The molecule has 0 saturated heterocycles. The molecule has 1 unspecified atom stereocenters. The van der Waals surface area contributed by atoms with E-state index in [0.717, 1.165) is 24.3 Å². The second-order valence-electron chi connectivity index (χ2n) is 3.92. The second-order valence-corrected chi connectivity index (χ2v) is 3.92. The van der Waals surface area contributed by atoms with Gasteiger partial charge >= 0.3 is 0 Å². The average Bonchev–Trinajstić information content (AvgIpc) is 2.26. The van der Waals surface area contributed by atoms with Gasteiger partial charge in [-0.1, -0.05) is 12.1 Å². The number of nitrogens with zero attached hydrogens (tertiary/aromatic N) is 1. The summed E-state index contributed by atoms with van der Waals surface area (Å²) in [5.41, 5.74) is 2.25. The number of ether oxygens (including phenoxy) is 1. The van der Waals surface area contributed by atoms with Gasteiger partial charge in [0.15, 0.2) is 0 Å². The summed E-state index contributed by atoms with van der Waals surface area (Å²) in [6.07, 6.45) is 5.04. The van der Waals surface area contributed by atoms with Crippen LogP contribution in [0.4, 0.5) is 5.69 Å². The largest absolute Gasteiger partial charge is 0.482 e. The van der Waals surface area contributed by atoms with Crippen molar-refractivity contribution in [1.29, 1.82) is 0 Å². The van der Waals surface area contributed by atoms with Crippen LogP contribution in [0.2, 0.25) is 0 Å². The number of benzene rings is 1. The molecule has 1 saturated carbocycles. The highest BCUT2D eigenvalue weighted by atomic mass is 16.5. The van der Waals surface area contributed by atoms with E-state index >= 15 is 0 Å². The van der Waals surface area contributed by atoms with Crippen LogP contribution < -0.4 is 4.74 Å². The number of aliphatic imine (C=N–C) groups is 1. The Balaban J connectivity index is 2.03. The third kappa shape index (κ3) is 1.22. The molecule has 72 valence electrons. The normalized spacial score (nSPS) is 24.3. The van der Waals surface area contributed by atoms with E-state index in [9.17, 15) is 0 Å². The Morgan fingerprint density at radius 3 is 3.14 bits per heavy atom. The number of hydrogen-bond acceptors (Lipinski definition) is 2. The number of fused-ring (bicyclic) bond motifs is 2. The van der Waals surface area contributed by atoms with Gasteiger partial charge in [-0.15, -0.1) is 0 Å². The monoisotopic (exact) mass is 187 g/mol. The zero-order valence-electron chi connectivity index (χ0n) is 8.07. The van der Waals surface area contributed by atoms with Gasteiger partial charge in [0.25, 0.3) is 0 Å². The van der Waals surface area contributed by atoms with Crippen molar-refractivity contribution in [2.24, 2.45) is 4.99 Å². The third-order valence-corrected chi connectivity index (χ3v) is 2.92. The quantitative estimate of drug-likeness (QED) is 0.611. The third-order valence-electron chi connectivity index (χ3n) is 2.92. The Hall–Kier alpha value is -1.31. The molecule has 0 bridgehead atoms. The fourth-order valence-corrected chi connectivity index (χ4v) is 2.18. The van der Waals surface area contributed by atoms with E-state index in [0.29, 0.717) is 0 Å². The van der Waals surface area contributed by atoms with E-state index in [4.69, 9.17) is 4.74 Å². The van der Waals surface area contributed by atoms with Crippen LogP contribution in [0, 0.1) is 0 Å². The van der Waals surface area contributed by atoms with Crippen LogP contribution in [0.5, 0.6) is 5.75 Å². The summed E-state index contributed by atoms with van der Waals surface area (Å²) >= 11 is 0. The smallest absolute Gasteiger partial charge is 0.145 e. The van der Waals surface area contributed by atoms with Crippen LogP contribution in [0.3, 0.4) is 0 Å². The van der Waals surface area contributed by atoms with Gasteiger partial charge in [-0.2, -0.15) is 0 Å². The lowest BCUT2D eigenvalue weighted by atomic mass is 9.94. The summed E-state index contributed by atoms with van der Waals surface area (Å²) in [6.45, 7) is 0. The van der Waals surface area contributed by atoms with Gasteiger partial charge in [-0.25, -0.2) is 0 Å². The Kier molecular flexibility index (Phi) is 1.79. The van der Waals surface area contributed by atoms with Crippen molar-refractivity contribution in [1.82, 2.24) is 0 Å². The van der Waals surface area contributed by atoms with Crippen LogP contribution in [-0.2, 0) is 0 Å². The Bertz CT molecular complexity index is 384. The molecule has 14 heavy (non-hydrogen) atoms. The van der Waals surface area contributed by atoms with Crippen molar-refractivity contribution >= 4 is 11.4 Å². The molecule has 0 radical (unpaired) electrons. The minimum Gasteiger partial charge on any atom is -0.482 e. The van der Waals surface area contributed by atoms with Gasteiger partial charge in [0.1, 0.15) is 17.5 Å². The lowest BCUT2D eigenvalue weighted by Gasteiger charge is -2.29. The summed E-state index contributed by atoms with van der Waals surface area (Å²) in [7, 11) is 0. The van der Waals surface area contributed by atoms with E-state index in [1.165, 1.54) is 18.6 Å². The highest BCUT2D eigenvalue weighted by molar-refractivity contribution is 5.93. The molecule has 2 aliphatic rings. The summed E-state index contributed by atoms with van der Waals surface area (Å²) in [4.78, 5) is 4.66. The molecule has 1 aliphatic carbocycles. The Morgan fingerprint density at radius 1 is 1.21 bits per heavy atom. The van der Waals surface area contributed by atoms with E-state index in [2.05, 4.69) is 4.99 Å². The van der Waals surface area contributed by atoms with Crippen LogP contribution in [-0.4, -0.2) is 11.8 Å². The zero-order valence-corrected chi connectivity index (χ0v) is 8.07. The van der Waals surface area contributed by atoms with Crippen LogP contribution >= 0.6 is 0 Å². The van der Waals surface area contributed by atoms with E-state index in [-0.39, 0.29) is 6.10 Å². The molecule has 3 rings (SSSR count). The van der Waals surface area contributed by atoms with Gasteiger partial charge in [0.05, 0.1) is 5.71 Å². The molecule has 2 nitrogen and oxygen atoms in total. The average molecular weight is 187 g/mol. The molecule has 0 spiro atoms. The molecule has 1 atom stereocenters. The maximum atomic E-state index is 5.91. The predicted molar refractivity (Wildman–Crippen MR) is 56.4 cm³/mol. The number of para-hydroxylation sites is 2. The molecule has 2 heteroatoms. The molecule has 0 aromatic heterocycles. The molecular formula is C12H13NO. The molecular weight excluding hydrogens is 174 g/mol. The van der Waals surface area contributed by atoms with Crippen LogP contribution in [0.1, 0.15) is 25.7 Å². The standard InChI is InChI=1S/C12H13NO/c1-3-7-11-9(5-1)13-10-6-2-4-8-12(10)14-11/h1,3,5,7,12H,2,4,6,8H2. The fourth-order valence-electron chi connectivity index (χ4n) is 2.18. The van der Waals surface area contributed by atoms with Crippen molar-refractivity contribution in [2.75, 3.05) is 0 Å². The first-order valence-electron chi connectivity index (χ1n) is 5.26. The predicted octanol–water partition coefficient (Wildman–Crippen LogP) is 3.09. The van der Waals surface area contributed by atoms with E-state index in [1.54, 1.807) is 0 Å². The van der Waals surface area contributed by atoms with E-state index < -0.39 is 0 Å². The van der Waals surface area contributed by atoms with Crippen LogP contribution in [0.25, 0.3) is 0 Å². The molecule has 1 aromatic carbocycles. The van der Waals surface area contributed by atoms with Crippen molar-refractivity contribution < 1.29 is 4.74 Å². The van der Waals surface area contributed by atoms with E-state index in [1.807, 2.05) is 24.3 Å². The van der Waals surface area contributed by atoms with Crippen molar-refractivity contribution in [3.8, 4) is 5.75 Å². The maximum absolute atomic E-state index is 5.91. The van der Waals surface area contributed by atoms with Crippen molar-refractivity contribution in [2.45, 2.75) is 31.8 Å². The van der Waals surface area contributed by atoms with Gasteiger partial charge in [0, 0.05) is 0 Å². The summed E-state index contributed by atoms with van der Waals surface area (Å²) in [6, 6.07) is 8.04. The minimum absolute atomic E-state index is 0.263. The summed E-state index contributed by atoms with van der Waals surface area (Å²) in [5, 5.41) is 0. The molecule has 0 amide bonds. The maximum Gasteiger partial charge on any atom is 0.145 e. The van der Waals surface area contributed by atoms with Crippen molar-refractivity contribution in [3.63, 3.8) is 0 Å². The molecule has 0 N–H and O–H groups in total. The highest BCUT2D eigenvalue weighted by Crippen LogP contribution is 2.35. The minimum atomic E-state index is 0.263. The SMILES string of the molecule is c1ccc2c(c1)N=C1CCCCC1O2. The molecule has 1 heterocycles. The first-order valence-corrected chi connectivity index (χ1v) is 5.26. The number of hydrogen-bond donors (Lipinski definition) is 0. The van der Waals surface area contributed by atoms with Gasteiger partial charge in [-0.05, 0) is 37.8 Å². The Morgan fingerprint density at radius 2 is 2.14 bits per heavy atom. The molecule has 1 aromatic rings. The topological polar surface area (TPSA) is 21.6 Å². The lowest BCUT2D eigenvalue weighted by molar-refractivity contribution is 0.235. The second kappa shape index (κ2) is 3.12. The van der Waals surface area contributed by atoms with Gasteiger partial charge in [-0.3, -0.25) is 4.99 Å². The first kappa shape index (κ1) is 8.04. The first-order chi connectivity index (χ1) is 6.93. The molecule has 1 aliphatic heterocycles. The molecule has 1 fully saturated rings. The fraction of sp³-hybridized carbons (Fsp3) is 0.417. The number of rotatable bonds is 0.